The molecule has 1 heterocycles. The van der Waals surface area contributed by atoms with Crippen molar-refractivity contribution in [1.82, 2.24) is 10.2 Å². The summed E-state index contributed by atoms with van der Waals surface area (Å²) in [6.45, 7) is 5.75. The standard InChI is InChI=1S/C18H31N3O2S.ClH/c1-18(2,3)17(23)21-10-24-9-14(21)16(22)20-15-11-5-4-6-12(15)8-13(19)7-11;/h11-15H,4-10,19H2,1-3H3,(H,20,22);1H. The Kier molecular flexibility index (Phi) is 6.71. The van der Waals surface area contributed by atoms with E-state index in [0.717, 1.165) is 12.8 Å². The third-order valence-corrected chi connectivity index (χ3v) is 6.79. The van der Waals surface area contributed by atoms with E-state index in [-0.39, 0.29) is 42.3 Å². The Bertz CT molecular complexity index is 497. The van der Waals surface area contributed by atoms with Gasteiger partial charge in [0.25, 0.3) is 0 Å². The van der Waals surface area contributed by atoms with Crippen molar-refractivity contribution in [3.63, 3.8) is 0 Å². The third kappa shape index (κ3) is 4.45. The molecular weight excluding hydrogens is 358 g/mol. The summed E-state index contributed by atoms with van der Waals surface area (Å²) in [6.07, 6.45) is 5.62. The molecule has 3 aliphatic rings. The van der Waals surface area contributed by atoms with Crippen LogP contribution in [0.5, 0.6) is 0 Å². The van der Waals surface area contributed by atoms with Crippen LogP contribution in [0.2, 0.25) is 0 Å². The van der Waals surface area contributed by atoms with Crippen LogP contribution < -0.4 is 11.1 Å². The van der Waals surface area contributed by atoms with Crippen molar-refractivity contribution >= 4 is 36.0 Å². The summed E-state index contributed by atoms with van der Waals surface area (Å²) in [6, 6.07) is 0.218. The van der Waals surface area contributed by atoms with Crippen molar-refractivity contribution in [2.75, 3.05) is 11.6 Å². The highest BCUT2D eigenvalue weighted by Gasteiger charge is 2.43. The molecule has 3 unspecified atom stereocenters. The van der Waals surface area contributed by atoms with Gasteiger partial charge >= 0.3 is 0 Å². The van der Waals surface area contributed by atoms with E-state index in [4.69, 9.17) is 5.73 Å². The molecular formula is C18H32ClN3O2S. The number of amides is 2. The molecule has 3 atom stereocenters. The number of nitrogens with zero attached hydrogens (tertiary/aromatic N) is 1. The molecule has 0 aromatic carbocycles. The van der Waals surface area contributed by atoms with Crippen molar-refractivity contribution < 1.29 is 9.59 Å². The van der Waals surface area contributed by atoms with Gasteiger partial charge in [0, 0.05) is 23.3 Å². The predicted octanol–water partition coefficient (Wildman–Crippen LogP) is 2.38. The lowest BCUT2D eigenvalue weighted by atomic mass is 9.67. The number of nitrogens with one attached hydrogen (secondary N) is 1. The Morgan fingerprint density at radius 2 is 1.76 bits per heavy atom. The summed E-state index contributed by atoms with van der Waals surface area (Å²) >= 11 is 1.67. The Morgan fingerprint density at radius 1 is 1.16 bits per heavy atom. The van der Waals surface area contributed by atoms with Gasteiger partial charge in [0.1, 0.15) is 6.04 Å². The lowest BCUT2D eigenvalue weighted by Crippen LogP contribution is -2.58. The molecule has 0 spiro atoms. The van der Waals surface area contributed by atoms with Crippen molar-refractivity contribution in [3.05, 3.63) is 0 Å². The Morgan fingerprint density at radius 3 is 2.32 bits per heavy atom. The van der Waals surface area contributed by atoms with Gasteiger partial charge in [-0.15, -0.1) is 24.2 Å². The van der Waals surface area contributed by atoms with E-state index in [9.17, 15) is 9.59 Å². The zero-order chi connectivity index (χ0) is 17.5. The highest BCUT2D eigenvalue weighted by molar-refractivity contribution is 7.99. The lowest BCUT2D eigenvalue weighted by Gasteiger charge is -2.45. The first kappa shape index (κ1) is 20.8. The summed E-state index contributed by atoms with van der Waals surface area (Å²) in [5, 5.41) is 3.32. The Hall–Kier alpha value is -0.460. The number of thioether (sulfide) groups is 1. The van der Waals surface area contributed by atoms with Crippen LogP contribution in [0, 0.1) is 17.3 Å². The first-order chi connectivity index (χ1) is 11.3. The van der Waals surface area contributed by atoms with Gasteiger partial charge in [-0.05, 0) is 37.5 Å². The second kappa shape index (κ2) is 8.05. The molecule has 144 valence electrons. The van der Waals surface area contributed by atoms with E-state index in [1.165, 1.54) is 19.3 Å². The fourth-order valence-electron chi connectivity index (χ4n) is 4.58. The normalized spacial score (nSPS) is 35.0. The fraction of sp³-hybridized carbons (Fsp3) is 0.889. The van der Waals surface area contributed by atoms with Crippen molar-refractivity contribution in [3.8, 4) is 0 Å². The number of hydrogen-bond donors (Lipinski definition) is 2. The number of fused-ring (bicyclic) bond motifs is 2. The molecule has 0 aromatic rings. The Labute approximate surface area is 161 Å². The van der Waals surface area contributed by atoms with E-state index in [1.807, 2.05) is 20.8 Å². The number of carbonyl (C=O) groups is 2. The van der Waals surface area contributed by atoms with Crippen LogP contribution in [0.4, 0.5) is 0 Å². The largest absolute Gasteiger partial charge is 0.351 e. The van der Waals surface area contributed by atoms with Gasteiger partial charge in [-0.2, -0.15) is 0 Å². The molecule has 0 aromatic heterocycles. The molecule has 7 heteroatoms. The van der Waals surface area contributed by atoms with Crippen LogP contribution in [-0.4, -0.2) is 46.5 Å². The highest BCUT2D eigenvalue weighted by Crippen LogP contribution is 2.40. The van der Waals surface area contributed by atoms with Crippen molar-refractivity contribution in [1.29, 1.82) is 0 Å². The number of hydrogen-bond acceptors (Lipinski definition) is 4. The average Bonchev–Trinajstić information content (AvgIpc) is 2.95. The Balaban J connectivity index is 0.00000225. The summed E-state index contributed by atoms with van der Waals surface area (Å²) in [5.41, 5.74) is 5.73. The fourth-order valence-corrected chi connectivity index (χ4v) is 5.73. The molecule has 3 N–H and O–H groups in total. The van der Waals surface area contributed by atoms with E-state index < -0.39 is 5.41 Å². The number of rotatable bonds is 2. The SMILES string of the molecule is CC(C)(C)C(=O)N1CSCC1C(=O)NC1C2CCCC1CC(N)C2.Cl. The first-order valence-electron chi connectivity index (χ1n) is 9.22. The summed E-state index contributed by atoms with van der Waals surface area (Å²) in [5.74, 6) is 2.45. The van der Waals surface area contributed by atoms with E-state index in [1.54, 1.807) is 16.7 Å². The zero-order valence-electron chi connectivity index (χ0n) is 15.5. The first-order valence-corrected chi connectivity index (χ1v) is 10.4. The summed E-state index contributed by atoms with van der Waals surface area (Å²) < 4.78 is 0. The minimum Gasteiger partial charge on any atom is -0.351 e. The van der Waals surface area contributed by atoms with Gasteiger partial charge in [-0.25, -0.2) is 0 Å². The molecule has 1 saturated heterocycles. The van der Waals surface area contributed by atoms with Crippen LogP contribution >= 0.6 is 24.2 Å². The third-order valence-electron chi connectivity index (χ3n) is 5.77. The second-order valence-electron chi connectivity index (χ2n) is 8.76. The summed E-state index contributed by atoms with van der Waals surface area (Å²) in [4.78, 5) is 27.3. The molecule has 3 rings (SSSR count). The molecule has 1 aliphatic heterocycles. The molecule has 2 amide bonds. The quantitative estimate of drug-likeness (QED) is 0.760. The monoisotopic (exact) mass is 389 g/mol. The molecule has 5 nitrogen and oxygen atoms in total. The van der Waals surface area contributed by atoms with Gasteiger partial charge in [0.05, 0.1) is 5.88 Å². The number of halogens is 1. The predicted molar refractivity (Wildman–Crippen MR) is 105 cm³/mol. The number of carbonyl (C=O) groups excluding carboxylic acids is 2. The van der Waals surface area contributed by atoms with Crippen LogP contribution in [0.1, 0.15) is 52.9 Å². The van der Waals surface area contributed by atoms with Gasteiger partial charge in [0.2, 0.25) is 11.8 Å². The maximum absolute atomic E-state index is 12.9. The van der Waals surface area contributed by atoms with Crippen molar-refractivity contribution in [2.45, 2.75) is 71.0 Å². The zero-order valence-corrected chi connectivity index (χ0v) is 17.1. The summed E-state index contributed by atoms with van der Waals surface area (Å²) in [7, 11) is 0. The maximum Gasteiger partial charge on any atom is 0.243 e. The smallest absolute Gasteiger partial charge is 0.243 e. The van der Waals surface area contributed by atoms with Crippen molar-refractivity contribution in [2.24, 2.45) is 23.0 Å². The second-order valence-corrected chi connectivity index (χ2v) is 9.76. The molecule has 25 heavy (non-hydrogen) atoms. The topological polar surface area (TPSA) is 75.4 Å². The van der Waals surface area contributed by atoms with Crippen LogP contribution in [0.15, 0.2) is 0 Å². The molecule has 3 fully saturated rings. The van der Waals surface area contributed by atoms with Gasteiger partial charge in [-0.1, -0.05) is 27.2 Å². The van der Waals surface area contributed by atoms with Gasteiger partial charge in [0.15, 0.2) is 0 Å². The van der Waals surface area contributed by atoms with Crippen LogP contribution in [0.25, 0.3) is 0 Å². The van der Waals surface area contributed by atoms with E-state index >= 15 is 0 Å². The van der Waals surface area contributed by atoms with Crippen LogP contribution in [-0.2, 0) is 9.59 Å². The molecule has 2 bridgehead atoms. The van der Waals surface area contributed by atoms with E-state index in [2.05, 4.69) is 5.32 Å². The lowest BCUT2D eigenvalue weighted by molar-refractivity contribution is -0.144. The van der Waals surface area contributed by atoms with Gasteiger partial charge in [-0.3, -0.25) is 9.59 Å². The minimum atomic E-state index is -0.447. The average molecular weight is 390 g/mol. The van der Waals surface area contributed by atoms with E-state index in [0.29, 0.717) is 23.5 Å². The van der Waals surface area contributed by atoms with Crippen LogP contribution in [0.3, 0.4) is 0 Å². The molecule has 2 saturated carbocycles. The molecule has 2 aliphatic carbocycles. The number of nitrogens with two attached hydrogens (primary N) is 1. The maximum atomic E-state index is 12.9. The minimum absolute atomic E-state index is 0. The molecule has 0 radical (unpaired) electrons. The highest BCUT2D eigenvalue weighted by atomic mass is 35.5. The van der Waals surface area contributed by atoms with Gasteiger partial charge < -0.3 is 16.0 Å².